The monoisotopic (exact) mass is 206 g/mol. The van der Waals surface area contributed by atoms with E-state index >= 15 is 0 Å². The third-order valence-corrected chi connectivity index (χ3v) is 2.47. The highest BCUT2D eigenvalue weighted by Gasteiger charge is 2.13. The Morgan fingerprint density at radius 3 is 2.53 bits per heavy atom. The van der Waals surface area contributed by atoms with Gasteiger partial charge in [0.25, 0.3) is 0 Å². The first-order valence-electron chi connectivity index (χ1n) is 5.16. The minimum absolute atomic E-state index is 0.0856. The Morgan fingerprint density at radius 1 is 1.47 bits per heavy atom. The number of nitrogens with two attached hydrogens (primary N) is 1. The van der Waals surface area contributed by atoms with E-state index in [0.717, 1.165) is 30.0 Å². The molecule has 4 nitrogen and oxygen atoms in total. The van der Waals surface area contributed by atoms with E-state index in [9.17, 15) is 0 Å². The van der Waals surface area contributed by atoms with Crippen LogP contribution in [0.25, 0.3) is 0 Å². The molecule has 0 spiro atoms. The molecule has 0 amide bonds. The van der Waals surface area contributed by atoms with E-state index in [-0.39, 0.29) is 5.84 Å². The van der Waals surface area contributed by atoms with Crippen LogP contribution in [0.4, 0.5) is 5.82 Å². The van der Waals surface area contributed by atoms with Crippen LogP contribution in [-0.4, -0.2) is 23.9 Å². The van der Waals surface area contributed by atoms with Crippen LogP contribution in [-0.2, 0) is 0 Å². The summed E-state index contributed by atoms with van der Waals surface area (Å²) in [5.74, 6) is 0.898. The zero-order chi connectivity index (χ0) is 11.4. The average Bonchev–Trinajstić information content (AvgIpc) is 2.19. The molecule has 0 bridgehead atoms. The standard InChI is InChI=1S/C11H18N4/c1-4-15(5-2)11-9(10(12)13)8(3)6-7-14-11/h6-7H,4-5H2,1-3H3,(H3,12,13). The fraction of sp³-hybridized carbons (Fsp3) is 0.455. The van der Waals surface area contributed by atoms with Crippen LogP contribution in [0.2, 0.25) is 0 Å². The maximum atomic E-state index is 7.57. The van der Waals surface area contributed by atoms with Crippen LogP contribution in [0.3, 0.4) is 0 Å². The molecule has 1 aromatic heterocycles. The van der Waals surface area contributed by atoms with E-state index in [1.807, 2.05) is 13.0 Å². The Balaban J connectivity index is 3.27. The number of anilines is 1. The average molecular weight is 206 g/mol. The molecule has 15 heavy (non-hydrogen) atoms. The highest BCUT2D eigenvalue weighted by atomic mass is 15.2. The summed E-state index contributed by atoms with van der Waals surface area (Å²) >= 11 is 0. The Labute approximate surface area is 90.6 Å². The molecule has 1 heterocycles. The zero-order valence-electron chi connectivity index (χ0n) is 9.54. The molecule has 1 aromatic rings. The summed E-state index contributed by atoms with van der Waals surface area (Å²) in [4.78, 5) is 6.41. The SMILES string of the molecule is CCN(CC)c1nccc(C)c1C(=N)N. The molecule has 0 saturated heterocycles. The molecule has 4 heteroatoms. The Bertz CT molecular complexity index is 356. The first-order valence-corrected chi connectivity index (χ1v) is 5.16. The van der Waals surface area contributed by atoms with Crippen LogP contribution in [0.1, 0.15) is 25.0 Å². The normalized spacial score (nSPS) is 10.1. The molecule has 82 valence electrons. The maximum absolute atomic E-state index is 7.57. The van der Waals surface area contributed by atoms with Gasteiger partial charge >= 0.3 is 0 Å². The van der Waals surface area contributed by atoms with Gasteiger partial charge in [0.15, 0.2) is 0 Å². The van der Waals surface area contributed by atoms with Gasteiger partial charge in [0.05, 0.1) is 5.56 Å². The minimum Gasteiger partial charge on any atom is -0.384 e. The van der Waals surface area contributed by atoms with Crippen molar-refractivity contribution in [1.82, 2.24) is 4.98 Å². The first kappa shape index (κ1) is 11.5. The van der Waals surface area contributed by atoms with Crippen molar-refractivity contribution in [2.45, 2.75) is 20.8 Å². The third kappa shape index (κ3) is 2.26. The molecule has 0 fully saturated rings. The summed E-state index contributed by atoms with van der Waals surface area (Å²) in [6.45, 7) is 7.82. The summed E-state index contributed by atoms with van der Waals surface area (Å²) in [6.07, 6.45) is 1.76. The predicted octanol–water partition coefficient (Wildman–Crippen LogP) is 1.52. The van der Waals surface area contributed by atoms with E-state index in [0.29, 0.717) is 0 Å². The molecule has 3 N–H and O–H groups in total. The molecule has 0 saturated carbocycles. The van der Waals surface area contributed by atoms with Gasteiger partial charge in [-0.05, 0) is 32.4 Å². The van der Waals surface area contributed by atoms with Gasteiger partial charge in [-0.2, -0.15) is 0 Å². The number of hydrogen-bond donors (Lipinski definition) is 2. The van der Waals surface area contributed by atoms with Crippen molar-refractivity contribution in [3.63, 3.8) is 0 Å². The lowest BCUT2D eigenvalue weighted by Crippen LogP contribution is -2.27. The van der Waals surface area contributed by atoms with E-state index < -0.39 is 0 Å². The van der Waals surface area contributed by atoms with Gasteiger partial charge in [-0.25, -0.2) is 4.98 Å². The lowest BCUT2D eigenvalue weighted by Gasteiger charge is -2.23. The number of rotatable bonds is 4. The number of hydrogen-bond acceptors (Lipinski definition) is 3. The second-order valence-corrected chi connectivity index (χ2v) is 3.41. The van der Waals surface area contributed by atoms with Gasteiger partial charge in [-0.3, -0.25) is 5.41 Å². The minimum atomic E-state index is 0.0856. The second kappa shape index (κ2) is 4.77. The number of aryl methyl sites for hydroxylation is 1. The van der Waals surface area contributed by atoms with Crippen molar-refractivity contribution in [3.05, 3.63) is 23.4 Å². The highest BCUT2D eigenvalue weighted by Crippen LogP contribution is 2.19. The molecule has 0 aromatic carbocycles. The van der Waals surface area contributed by atoms with E-state index in [4.69, 9.17) is 11.1 Å². The van der Waals surface area contributed by atoms with Gasteiger partial charge in [0, 0.05) is 19.3 Å². The number of nitrogen functional groups attached to an aromatic ring is 1. The number of nitrogens with one attached hydrogen (secondary N) is 1. The van der Waals surface area contributed by atoms with Gasteiger partial charge in [0.2, 0.25) is 0 Å². The van der Waals surface area contributed by atoms with E-state index in [1.165, 1.54) is 0 Å². The van der Waals surface area contributed by atoms with Gasteiger partial charge in [-0.15, -0.1) is 0 Å². The van der Waals surface area contributed by atoms with Crippen LogP contribution >= 0.6 is 0 Å². The van der Waals surface area contributed by atoms with Crippen molar-refractivity contribution >= 4 is 11.7 Å². The van der Waals surface area contributed by atoms with E-state index in [2.05, 4.69) is 23.7 Å². The molecule has 0 aliphatic carbocycles. The molecule has 0 atom stereocenters. The van der Waals surface area contributed by atoms with Gasteiger partial charge in [-0.1, -0.05) is 0 Å². The molecular formula is C11H18N4. The number of aromatic nitrogens is 1. The largest absolute Gasteiger partial charge is 0.384 e. The summed E-state index contributed by atoms with van der Waals surface area (Å²) in [5, 5.41) is 7.57. The van der Waals surface area contributed by atoms with Crippen LogP contribution in [0.15, 0.2) is 12.3 Å². The molecule has 0 radical (unpaired) electrons. The van der Waals surface area contributed by atoms with Crippen molar-refractivity contribution < 1.29 is 0 Å². The quantitative estimate of drug-likeness (QED) is 0.580. The summed E-state index contributed by atoms with van der Waals surface area (Å²) in [6, 6.07) is 1.88. The fourth-order valence-electron chi connectivity index (χ4n) is 1.64. The number of amidine groups is 1. The van der Waals surface area contributed by atoms with Gasteiger partial charge < -0.3 is 10.6 Å². The van der Waals surface area contributed by atoms with Crippen molar-refractivity contribution in [3.8, 4) is 0 Å². The lowest BCUT2D eigenvalue weighted by atomic mass is 10.1. The van der Waals surface area contributed by atoms with Crippen LogP contribution < -0.4 is 10.6 Å². The first-order chi connectivity index (χ1) is 7.11. The smallest absolute Gasteiger partial charge is 0.139 e. The lowest BCUT2D eigenvalue weighted by molar-refractivity contribution is 0.843. The topological polar surface area (TPSA) is 66.0 Å². The van der Waals surface area contributed by atoms with Crippen LogP contribution in [0.5, 0.6) is 0 Å². The summed E-state index contributed by atoms with van der Waals surface area (Å²) in [7, 11) is 0. The molecule has 0 aliphatic rings. The second-order valence-electron chi connectivity index (χ2n) is 3.41. The molecule has 0 aliphatic heterocycles. The molecule has 1 rings (SSSR count). The third-order valence-electron chi connectivity index (χ3n) is 2.47. The Hall–Kier alpha value is -1.58. The predicted molar refractivity (Wildman–Crippen MR) is 63.6 cm³/mol. The Morgan fingerprint density at radius 2 is 2.07 bits per heavy atom. The fourth-order valence-corrected chi connectivity index (χ4v) is 1.64. The summed E-state index contributed by atoms with van der Waals surface area (Å²) in [5.41, 5.74) is 7.33. The van der Waals surface area contributed by atoms with Crippen molar-refractivity contribution in [2.75, 3.05) is 18.0 Å². The highest BCUT2D eigenvalue weighted by molar-refractivity contribution is 6.00. The van der Waals surface area contributed by atoms with Crippen LogP contribution in [0, 0.1) is 12.3 Å². The molecular weight excluding hydrogens is 188 g/mol. The zero-order valence-corrected chi connectivity index (χ0v) is 9.54. The number of pyridine rings is 1. The number of nitrogens with zero attached hydrogens (tertiary/aromatic N) is 2. The maximum Gasteiger partial charge on any atom is 0.139 e. The van der Waals surface area contributed by atoms with Crippen molar-refractivity contribution in [1.29, 1.82) is 5.41 Å². The molecule has 0 unspecified atom stereocenters. The Kier molecular flexibility index (Phi) is 3.66. The summed E-state index contributed by atoms with van der Waals surface area (Å²) < 4.78 is 0. The van der Waals surface area contributed by atoms with Crippen molar-refractivity contribution in [2.24, 2.45) is 5.73 Å². The van der Waals surface area contributed by atoms with E-state index in [1.54, 1.807) is 6.20 Å². The van der Waals surface area contributed by atoms with Gasteiger partial charge in [0.1, 0.15) is 11.7 Å².